The minimum atomic E-state index is -0.410. The number of allylic oxidation sites excluding steroid dienone is 2. The van der Waals surface area contributed by atoms with Gasteiger partial charge in [-0.1, -0.05) is 59.1 Å². The highest BCUT2D eigenvalue weighted by Gasteiger charge is 2.84. The average molecular weight is 481 g/mol. The molecule has 5 rings (SSSR count). The van der Waals surface area contributed by atoms with Gasteiger partial charge in [0.1, 0.15) is 23.2 Å². The predicted molar refractivity (Wildman–Crippen MR) is 139 cm³/mol. The van der Waals surface area contributed by atoms with Crippen molar-refractivity contribution in [1.29, 1.82) is 0 Å². The number of hydrogen-bond acceptors (Lipinski definition) is 4. The van der Waals surface area contributed by atoms with Crippen molar-refractivity contribution >= 4 is 5.97 Å². The van der Waals surface area contributed by atoms with Crippen LogP contribution in [0.25, 0.3) is 0 Å². The first kappa shape index (κ1) is 24.7. The molecule has 6 unspecified atom stereocenters. The maximum Gasteiger partial charge on any atom is 0.342 e. The number of carbonyl (C=O) groups is 1. The van der Waals surface area contributed by atoms with E-state index in [1.165, 1.54) is 12.0 Å². The number of ether oxygens (including phenoxy) is 1. The fourth-order valence-corrected chi connectivity index (χ4v) is 8.93. The minimum absolute atomic E-state index is 0.0340. The Morgan fingerprint density at radius 2 is 1.94 bits per heavy atom. The van der Waals surface area contributed by atoms with Crippen molar-refractivity contribution in [1.82, 2.24) is 0 Å². The highest BCUT2D eigenvalue weighted by molar-refractivity contribution is 5.95. The van der Waals surface area contributed by atoms with Gasteiger partial charge in [-0.15, -0.1) is 0 Å². The van der Waals surface area contributed by atoms with Crippen molar-refractivity contribution in [3.63, 3.8) is 0 Å². The van der Waals surface area contributed by atoms with Gasteiger partial charge in [0.05, 0.1) is 0 Å². The molecule has 3 saturated carbocycles. The molecule has 0 saturated heterocycles. The quantitative estimate of drug-likeness (QED) is 0.239. The van der Waals surface area contributed by atoms with Crippen molar-refractivity contribution in [3.8, 4) is 11.5 Å². The largest absolute Gasteiger partial charge is 0.507 e. The number of hydrogen-bond donors (Lipinski definition) is 2. The summed E-state index contributed by atoms with van der Waals surface area (Å²) in [6, 6.07) is 1.73. The second-order valence-corrected chi connectivity index (χ2v) is 13.2. The monoisotopic (exact) mass is 480 g/mol. The van der Waals surface area contributed by atoms with Crippen molar-refractivity contribution in [2.24, 2.45) is 28.1 Å². The highest BCUT2D eigenvalue weighted by Crippen LogP contribution is 2.88. The number of phenols is 2. The Hall–Kier alpha value is -1.97. The van der Waals surface area contributed by atoms with Gasteiger partial charge in [0.15, 0.2) is 0 Å². The van der Waals surface area contributed by atoms with Crippen molar-refractivity contribution in [2.75, 3.05) is 0 Å². The molecule has 0 bridgehead atoms. The molecular weight excluding hydrogens is 436 g/mol. The first-order valence-corrected chi connectivity index (χ1v) is 13.9. The molecule has 1 aromatic carbocycles. The van der Waals surface area contributed by atoms with Crippen LogP contribution in [-0.2, 0) is 11.2 Å². The number of rotatable bonds is 7. The Balaban J connectivity index is 1.49. The second kappa shape index (κ2) is 8.28. The van der Waals surface area contributed by atoms with Gasteiger partial charge in [0.25, 0.3) is 0 Å². The number of aromatic hydroxyl groups is 2. The van der Waals surface area contributed by atoms with E-state index >= 15 is 0 Å². The second-order valence-electron chi connectivity index (χ2n) is 13.2. The summed E-state index contributed by atoms with van der Waals surface area (Å²) in [7, 11) is 0. The van der Waals surface area contributed by atoms with E-state index in [-0.39, 0.29) is 40.4 Å². The lowest BCUT2D eigenvalue weighted by molar-refractivity contribution is -0.159. The van der Waals surface area contributed by atoms with E-state index in [0.29, 0.717) is 34.3 Å². The molecule has 35 heavy (non-hydrogen) atoms. The standard InChI is InChI=1S/C31H44O4/c1-7-8-9-10-20-14-23(32)26(22-13-18(2)11-12-19(22)3)27(33)25(20)28(34)35-24-15-21-16-31(21)29(4,5)17-30(24,31)6/h13-14,19,21-22,24,32-33H,7-12,15-17H2,1-6H3. The summed E-state index contributed by atoms with van der Waals surface area (Å²) in [4.78, 5) is 13.8. The molecule has 1 aromatic rings. The molecule has 1 spiro atoms. The molecule has 0 radical (unpaired) electrons. The van der Waals surface area contributed by atoms with Crippen LogP contribution in [0.5, 0.6) is 11.5 Å². The average Bonchev–Trinajstić information content (AvgIpc) is 3.49. The molecule has 4 heteroatoms. The zero-order valence-corrected chi connectivity index (χ0v) is 22.5. The normalized spacial score (nSPS) is 36.6. The lowest BCUT2D eigenvalue weighted by Gasteiger charge is -2.61. The molecule has 2 N–H and O–H groups in total. The minimum Gasteiger partial charge on any atom is -0.507 e. The maximum atomic E-state index is 13.8. The molecule has 4 aliphatic carbocycles. The summed E-state index contributed by atoms with van der Waals surface area (Å²) >= 11 is 0. The topological polar surface area (TPSA) is 66.8 Å². The smallest absolute Gasteiger partial charge is 0.342 e. The molecular formula is C31H44O4. The third kappa shape index (κ3) is 3.49. The van der Waals surface area contributed by atoms with E-state index in [4.69, 9.17) is 4.74 Å². The molecule has 4 nitrogen and oxygen atoms in total. The summed E-state index contributed by atoms with van der Waals surface area (Å²) in [5.41, 5.74) is 3.42. The zero-order valence-electron chi connectivity index (χ0n) is 22.5. The fraction of sp³-hybridized carbons (Fsp3) is 0.710. The van der Waals surface area contributed by atoms with E-state index in [9.17, 15) is 15.0 Å². The van der Waals surface area contributed by atoms with Gasteiger partial charge in [-0.3, -0.25) is 0 Å². The number of phenolic OH excluding ortho intramolecular Hbond substituents is 2. The van der Waals surface area contributed by atoms with E-state index in [1.807, 2.05) is 0 Å². The molecule has 0 heterocycles. The van der Waals surface area contributed by atoms with Crippen molar-refractivity contribution in [3.05, 3.63) is 34.4 Å². The number of benzene rings is 1. The van der Waals surface area contributed by atoms with Crippen molar-refractivity contribution in [2.45, 2.75) is 111 Å². The number of unbranched alkanes of at least 4 members (excludes halogenated alkanes) is 2. The lowest BCUT2D eigenvalue weighted by Crippen LogP contribution is -2.57. The van der Waals surface area contributed by atoms with Crippen LogP contribution in [-0.4, -0.2) is 22.3 Å². The number of esters is 1. The molecule has 0 aliphatic heterocycles. The molecule has 0 aromatic heterocycles. The van der Waals surface area contributed by atoms with Crippen LogP contribution in [0.3, 0.4) is 0 Å². The van der Waals surface area contributed by atoms with E-state index < -0.39 is 5.97 Å². The fourth-order valence-electron chi connectivity index (χ4n) is 8.93. The van der Waals surface area contributed by atoms with Crippen LogP contribution in [0.15, 0.2) is 17.7 Å². The van der Waals surface area contributed by atoms with E-state index in [2.05, 4.69) is 47.6 Å². The Morgan fingerprint density at radius 3 is 2.60 bits per heavy atom. The van der Waals surface area contributed by atoms with Crippen LogP contribution in [0.4, 0.5) is 0 Å². The summed E-state index contributed by atoms with van der Waals surface area (Å²) in [6.45, 7) is 13.4. The first-order valence-electron chi connectivity index (χ1n) is 13.9. The van der Waals surface area contributed by atoms with Crippen LogP contribution >= 0.6 is 0 Å². The predicted octanol–water partition coefficient (Wildman–Crippen LogP) is 7.66. The molecule has 3 fully saturated rings. The molecule has 192 valence electrons. The van der Waals surface area contributed by atoms with Crippen LogP contribution in [0.1, 0.15) is 120 Å². The van der Waals surface area contributed by atoms with Gasteiger partial charge in [0, 0.05) is 16.9 Å². The Kier molecular flexibility index (Phi) is 5.85. The maximum absolute atomic E-state index is 13.8. The molecule has 6 atom stereocenters. The Bertz CT molecular complexity index is 1070. The SMILES string of the molecule is CCCCCc1cc(O)c(C2C=C(C)CCC2C)c(O)c1C(=O)OC1CC2CC23C(C)(C)CC13C. The van der Waals surface area contributed by atoms with Crippen LogP contribution in [0.2, 0.25) is 0 Å². The van der Waals surface area contributed by atoms with Gasteiger partial charge >= 0.3 is 5.97 Å². The van der Waals surface area contributed by atoms with Crippen molar-refractivity contribution < 1.29 is 19.7 Å². The zero-order chi connectivity index (χ0) is 25.3. The van der Waals surface area contributed by atoms with Gasteiger partial charge in [0.2, 0.25) is 0 Å². The number of carbonyl (C=O) groups excluding carboxylic acids is 1. The summed E-state index contributed by atoms with van der Waals surface area (Å²) in [5, 5.41) is 22.6. The summed E-state index contributed by atoms with van der Waals surface area (Å²) in [6.07, 6.45) is 11.0. The van der Waals surface area contributed by atoms with Gasteiger partial charge in [-0.2, -0.15) is 0 Å². The van der Waals surface area contributed by atoms with Gasteiger partial charge < -0.3 is 14.9 Å². The molecule has 0 amide bonds. The number of aryl methyl sites for hydroxylation is 1. The Labute approximate surface area is 211 Å². The summed E-state index contributed by atoms with van der Waals surface area (Å²) in [5.74, 6) is 0.448. The van der Waals surface area contributed by atoms with Gasteiger partial charge in [-0.05, 0) is 86.2 Å². The Morgan fingerprint density at radius 1 is 1.20 bits per heavy atom. The molecule has 4 aliphatic rings. The van der Waals surface area contributed by atoms with Crippen LogP contribution in [0, 0.1) is 28.1 Å². The van der Waals surface area contributed by atoms with E-state index in [1.54, 1.807) is 6.07 Å². The van der Waals surface area contributed by atoms with Crippen LogP contribution < -0.4 is 0 Å². The third-order valence-corrected chi connectivity index (χ3v) is 10.7. The summed E-state index contributed by atoms with van der Waals surface area (Å²) < 4.78 is 6.29. The third-order valence-electron chi connectivity index (χ3n) is 10.7. The van der Waals surface area contributed by atoms with E-state index in [0.717, 1.165) is 44.9 Å². The highest BCUT2D eigenvalue weighted by atomic mass is 16.5. The lowest BCUT2D eigenvalue weighted by atomic mass is 9.44. The van der Waals surface area contributed by atoms with Gasteiger partial charge in [-0.25, -0.2) is 4.79 Å². The first-order chi connectivity index (χ1) is 16.5.